The van der Waals surface area contributed by atoms with Crippen LogP contribution in [0.4, 0.5) is 0 Å². The van der Waals surface area contributed by atoms with Gasteiger partial charge in [-0.1, -0.05) is 37.1 Å². The maximum absolute atomic E-state index is 12.7. The van der Waals surface area contributed by atoms with Gasteiger partial charge in [-0.15, -0.1) is 0 Å². The van der Waals surface area contributed by atoms with Gasteiger partial charge in [0.05, 0.1) is 6.04 Å². The van der Waals surface area contributed by atoms with Crippen molar-refractivity contribution in [2.24, 2.45) is 0 Å². The maximum Gasteiger partial charge on any atom is 0.239 e. The summed E-state index contributed by atoms with van der Waals surface area (Å²) in [4.78, 5) is 16.9. The van der Waals surface area contributed by atoms with E-state index in [0.717, 1.165) is 13.1 Å². The van der Waals surface area contributed by atoms with Crippen molar-refractivity contribution in [3.8, 4) is 0 Å². The third-order valence-electron chi connectivity index (χ3n) is 4.59. The summed E-state index contributed by atoms with van der Waals surface area (Å²) in [7, 11) is 1.92. The lowest BCUT2D eigenvalue weighted by Gasteiger charge is -2.30. The van der Waals surface area contributed by atoms with Crippen LogP contribution in [0.2, 0.25) is 0 Å². The van der Waals surface area contributed by atoms with Crippen molar-refractivity contribution >= 4 is 5.91 Å². The van der Waals surface area contributed by atoms with E-state index in [4.69, 9.17) is 0 Å². The Bertz CT molecular complexity index is 464. The second-order valence-electron chi connectivity index (χ2n) is 6.25. The second-order valence-corrected chi connectivity index (χ2v) is 6.25. The van der Waals surface area contributed by atoms with Crippen molar-refractivity contribution in [3.05, 3.63) is 35.4 Å². The van der Waals surface area contributed by atoms with Crippen LogP contribution in [0.5, 0.6) is 0 Å². The SMILES string of the molecule is Cc1ccccc1CN(C)C(=O)C(C)N1CCCCCC1. The van der Waals surface area contributed by atoms with E-state index in [1.165, 1.54) is 36.8 Å². The molecule has 1 aliphatic rings. The van der Waals surface area contributed by atoms with Crippen molar-refractivity contribution < 1.29 is 4.79 Å². The number of nitrogens with zero attached hydrogens (tertiary/aromatic N) is 2. The number of carbonyl (C=O) groups excluding carboxylic acids is 1. The lowest BCUT2D eigenvalue weighted by molar-refractivity contribution is -0.135. The van der Waals surface area contributed by atoms with Crippen LogP contribution in [-0.4, -0.2) is 41.9 Å². The predicted molar refractivity (Wildman–Crippen MR) is 87.2 cm³/mol. The van der Waals surface area contributed by atoms with E-state index in [9.17, 15) is 4.79 Å². The van der Waals surface area contributed by atoms with Crippen molar-refractivity contribution in [1.82, 2.24) is 9.80 Å². The Morgan fingerprint density at radius 3 is 2.43 bits per heavy atom. The highest BCUT2D eigenvalue weighted by Gasteiger charge is 2.24. The molecule has 2 rings (SSSR count). The van der Waals surface area contributed by atoms with E-state index in [1.54, 1.807) is 0 Å². The first-order valence-corrected chi connectivity index (χ1v) is 8.13. The molecule has 3 nitrogen and oxygen atoms in total. The largest absolute Gasteiger partial charge is 0.340 e. The van der Waals surface area contributed by atoms with Crippen LogP contribution in [0.3, 0.4) is 0 Å². The standard InChI is InChI=1S/C18H28N2O/c1-15-10-6-7-11-17(15)14-19(3)18(21)16(2)20-12-8-4-5-9-13-20/h6-7,10-11,16H,4-5,8-9,12-14H2,1-3H3. The summed E-state index contributed by atoms with van der Waals surface area (Å²) in [5.41, 5.74) is 2.48. The van der Waals surface area contributed by atoms with Crippen LogP contribution >= 0.6 is 0 Å². The predicted octanol–water partition coefficient (Wildman–Crippen LogP) is 3.22. The van der Waals surface area contributed by atoms with Crippen LogP contribution in [0, 0.1) is 6.92 Å². The van der Waals surface area contributed by atoms with E-state index in [1.807, 2.05) is 24.1 Å². The minimum absolute atomic E-state index is 0.00267. The molecule has 1 aliphatic heterocycles. The number of aryl methyl sites for hydroxylation is 1. The molecular weight excluding hydrogens is 260 g/mol. The molecule has 1 heterocycles. The van der Waals surface area contributed by atoms with Gasteiger partial charge < -0.3 is 4.90 Å². The molecule has 1 saturated heterocycles. The summed E-state index contributed by atoms with van der Waals surface area (Å²) in [6.07, 6.45) is 5.05. The van der Waals surface area contributed by atoms with E-state index in [2.05, 4.69) is 30.9 Å². The van der Waals surface area contributed by atoms with Crippen LogP contribution in [-0.2, 0) is 11.3 Å². The monoisotopic (exact) mass is 288 g/mol. The summed E-state index contributed by atoms with van der Waals surface area (Å²) in [5.74, 6) is 0.236. The molecule has 0 N–H and O–H groups in total. The van der Waals surface area contributed by atoms with Crippen LogP contribution < -0.4 is 0 Å². The number of hydrogen-bond acceptors (Lipinski definition) is 2. The fourth-order valence-corrected chi connectivity index (χ4v) is 3.08. The summed E-state index contributed by atoms with van der Waals surface area (Å²) < 4.78 is 0. The first kappa shape index (κ1) is 16.0. The number of carbonyl (C=O) groups is 1. The van der Waals surface area contributed by atoms with Crippen molar-refractivity contribution in [2.45, 2.75) is 52.1 Å². The molecular formula is C18H28N2O. The zero-order valence-electron chi connectivity index (χ0n) is 13.6. The zero-order chi connectivity index (χ0) is 15.2. The number of likely N-dealkylation sites (N-methyl/N-ethyl adjacent to an activating group) is 1. The molecule has 0 radical (unpaired) electrons. The Morgan fingerprint density at radius 2 is 1.81 bits per heavy atom. The molecule has 0 bridgehead atoms. The lowest BCUT2D eigenvalue weighted by Crippen LogP contribution is -2.46. The average molecular weight is 288 g/mol. The second kappa shape index (κ2) is 7.60. The first-order valence-electron chi connectivity index (χ1n) is 8.13. The highest BCUT2D eigenvalue weighted by Crippen LogP contribution is 2.15. The third-order valence-corrected chi connectivity index (χ3v) is 4.59. The molecule has 1 fully saturated rings. The van der Waals surface area contributed by atoms with E-state index >= 15 is 0 Å². The molecule has 21 heavy (non-hydrogen) atoms. The molecule has 1 aromatic carbocycles. The quantitative estimate of drug-likeness (QED) is 0.849. The summed E-state index contributed by atoms with van der Waals surface area (Å²) >= 11 is 0. The van der Waals surface area contributed by atoms with Crippen molar-refractivity contribution in [3.63, 3.8) is 0 Å². The summed E-state index contributed by atoms with van der Waals surface area (Å²) in [6, 6.07) is 8.29. The van der Waals surface area contributed by atoms with Gasteiger partial charge in [0, 0.05) is 13.6 Å². The Labute approximate surface area is 128 Å². The van der Waals surface area contributed by atoms with Crippen LogP contribution in [0.15, 0.2) is 24.3 Å². The van der Waals surface area contributed by atoms with Gasteiger partial charge in [0.2, 0.25) is 5.91 Å². The molecule has 3 heteroatoms. The Hall–Kier alpha value is -1.35. The third kappa shape index (κ3) is 4.31. The number of benzene rings is 1. The van der Waals surface area contributed by atoms with Gasteiger partial charge in [-0.25, -0.2) is 0 Å². The smallest absolute Gasteiger partial charge is 0.239 e. The Balaban J connectivity index is 1.96. The molecule has 1 aromatic rings. The molecule has 0 spiro atoms. The fourth-order valence-electron chi connectivity index (χ4n) is 3.08. The topological polar surface area (TPSA) is 23.6 Å². The first-order chi connectivity index (χ1) is 10.1. The maximum atomic E-state index is 12.7. The zero-order valence-corrected chi connectivity index (χ0v) is 13.6. The Kier molecular flexibility index (Phi) is 5.80. The minimum atomic E-state index is -0.00267. The van der Waals surface area contributed by atoms with E-state index in [0.29, 0.717) is 6.54 Å². The van der Waals surface area contributed by atoms with Crippen LogP contribution in [0.25, 0.3) is 0 Å². The van der Waals surface area contributed by atoms with E-state index in [-0.39, 0.29) is 11.9 Å². The lowest BCUT2D eigenvalue weighted by atomic mass is 10.1. The molecule has 116 valence electrons. The van der Waals surface area contributed by atoms with Gasteiger partial charge in [0.1, 0.15) is 0 Å². The molecule has 1 unspecified atom stereocenters. The van der Waals surface area contributed by atoms with E-state index < -0.39 is 0 Å². The van der Waals surface area contributed by atoms with Crippen LogP contribution in [0.1, 0.15) is 43.7 Å². The number of likely N-dealkylation sites (tertiary alicyclic amines) is 1. The van der Waals surface area contributed by atoms with Gasteiger partial charge in [-0.05, 0) is 50.9 Å². The number of rotatable bonds is 4. The average Bonchev–Trinajstić information content (AvgIpc) is 2.77. The molecule has 0 saturated carbocycles. The molecule has 0 aliphatic carbocycles. The molecule has 1 amide bonds. The number of hydrogen-bond donors (Lipinski definition) is 0. The molecule has 0 aromatic heterocycles. The van der Waals surface area contributed by atoms with Crippen molar-refractivity contribution in [2.75, 3.05) is 20.1 Å². The molecule has 1 atom stereocenters. The van der Waals surface area contributed by atoms with Gasteiger partial charge in [0.25, 0.3) is 0 Å². The van der Waals surface area contributed by atoms with Gasteiger partial charge in [-0.2, -0.15) is 0 Å². The van der Waals surface area contributed by atoms with Gasteiger partial charge in [-0.3, -0.25) is 9.69 Å². The van der Waals surface area contributed by atoms with Gasteiger partial charge in [0.15, 0.2) is 0 Å². The fraction of sp³-hybridized carbons (Fsp3) is 0.611. The highest BCUT2D eigenvalue weighted by atomic mass is 16.2. The Morgan fingerprint density at radius 1 is 1.19 bits per heavy atom. The number of amides is 1. The van der Waals surface area contributed by atoms with Crippen molar-refractivity contribution in [1.29, 1.82) is 0 Å². The van der Waals surface area contributed by atoms with Gasteiger partial charge >= 0.3 is 0 Å². The normalized spacial score (nSPS) is 18.0. The summed E-state index contributed by atoms with van der Waals surface area (Å²) in [5, 5.41) is 0. The minimum Gasteiger partial charge on any atom is -0.340 e. The highest BCUT2D eigenvalue weighted by molar-refractivity contribution is 5.81. The summed E-state index contributed by atoms with van der Waals surface area (Å²) in [6.45, 7) is 6.98.